The molecule has 1 aromatic carbocycles. The molecule has 3 heterocycles. The van der Waals surface area contributed by atoms with Crippen LogP contribution in [0.5, 0.6) is 11.5 Å². The van der Waals surface area contributed by atoms with E-state index >= 15 is 0 Å². The van der Waals surface area contributed by atoms with E-state index in [9.17, 15) is 4.79 Å². The molecule has 2 aliphatic heterocycles. The van der Waals surface area contributed by atoms with Gasteiger partial charge in [-0.2, -0.15) is 0 Å². The van der Waals surface area contributed by atoms with Gasteiger partial charge in [-0.15, -0.1) is 10.2 Å². The summed E-state index contributed by atoms with van der Waals surface area (Å²) in [6.07, 6.45) is 4.29. The molecule has 7 heteroatoms. The second kappa shape index (κ2) is 7.19. The fraction of sp³-hybridized carbons (Fsp3) is 0.421. The molecule has 0 bridgehead atoms. The Morgan fingerprint density at radius 3 is 2.88 bits per heavy atom. The van der Waals surface area contributed by atoms with Crippen molar-refractivity contribution in [3.63, 3.8) is 0 Å². The van der Waals surface area contributed by atoms with Gasteiger partial charge in [0.05, 0.1) is 0 Å². The number of nitrogens with zero attached hydrogens (tertiary/aromatic N) is 3. The van der Waals surface area contributed by atoms with E-state index < -0.39 is 0 Å². The summed E-state index contributed by atoms with van der Waals surface area (Å²) in [7, 11) is 0. The number of fused-ring (bicyclic) bond motifs is 1. The highest BCUT2D eigenvalue weighted by Crippen LogP contribution is 2.34. The highest BCUT2D eigenvalue weighted by atomic mass is 16.7. The molecule has 4 rings (SSSR count). The highest BCUT2D eigenvalue weighted by molar-refractivity contribution is 5.92. The first-order chi connectivity index (χ1) is 12.7. The number of anilines is 2. The molecule has 1 unspecified atom stereocenters. The molecule has 2 aliphatic rings. The van der Waals surface area contributed by atoms with Gasteiger partial charge in [0.2, 0.25) is 6.79 Å². The third-order valence-electron chi connectivity index (χ3n) is 4.89. The molecule has 1 N–H and O–H groups in total. The summed E-state index contributed by atoms with van der Waals surface area (Å²) in [5.41, 5.74) is 1.21. The van der Waals surface area contributed by atoms with Crippen LogP contribution in [0.1, 0.15) is 43.1 Å². The van der Waals surface area contributed by atoms with Gasteiger partial charge in [0.25, 0.3) is 5.91 Å². The maximum atomic E-state index is 12.7. The van der Waals surface area contributed by atoms with Gasteiger partial charge in [0, 0.05) is 24.3 Å². The van der Waals surface area contributed by atoms with Crippen molar-refractivity contribution in [1.29, 1.82) is 0 Å². The van der Waals surface area contributed by atoms with Gasteiger partial charge in [-0.05, 0) is 49.9 Å². The van der Waals surface area contributed by atoms with Crippen molar-refractivity contribution in [2.24, 2.45) is 0 Å². The second-order valence-electron chi connectivity index (χ2n) is 6.55. The van der Waals surface area contributed by atoms with E-state index in [-0.39, 0.29) is 12.7 Å². The van der Waals surface area contributed by atoms with Crippen molar-refractivity contribution in [3.05, 3.63) is 36.0 Å². The number of rotatable bonds is 4. The van der Waals surface area contributed by atoms with Crippen LogP contribution in [0.3, 0.4) is 0 Å². The van der Waals surface area contributed by atoms with Gasteiger partial charge in [-0.25, -0.2) is 0 Å². The largest absolute Gasteiger partial charge is 0.454 e. The maximum Gasteiger partial charge on any atom is 0.274 e. The first-order valence-corrected chi connectivity index (χ1v) is 9.06. The third kappa shape index (κ3) is 3.29. The zero-order chi connectivity index (χ0) is 17.9. The Labute approximate surface area is 152 Å². The molecule has 1 aromatic heterocycles. The van der Waals surface area contributed by atoms with Crippen molar-refractivity contribution in [1.82, 2.24) is 15.1 Å². The van der Waals surface area contributed by atoms with Gasteiger partial charge in [-0.3, -0.25) is 4.79 Å². The SMILES string of the molecule is CCC1CCCCN1C(=O)c1ccc(Nc2ccc3c(c2)OCO3)nn1. The zero-order valence-electron chi connectivity index (χ0n) is 14.8. The summed E-state index contributed by atoms with van der Waals surface area (Å²) >= 11 is 0. The summed E-state index contributed by atoms with van der Waals surface area (Å²) in [6.45, 7) is 3.17. The Bertz CT molecular complexity index is 794. The number of nitrogens with one attached hydrogen (secondary N) is 1. The van der Waals surface area contributed by atoms with Crippen LogP contribution in [-0.2, 0) is 0 Å². The predicted molar refractivity (Wildman–Crippen MR) is 96.8 cm³/mol. The average molecular weight is 354 g/mol. The Balaban J connectivity index is 1.45. The molecule has 26 heavy (non-hydrogen) atoms. The quantitative estimate of drug-likeness (QED) is 0.907. The molecule has 7 nitrogen and oxygen atoms in total. The lowest BCUT2D eigenvalue weighted by molar-refractivity contribution is 0.0601. The van der Waals surface area contributed by atoms with E-state index in [1.807, 2.05) is 23.1 Å². The summed E-state index contributed by atoms with van der Waals surface area (Å²) in [5.74, 6) is 1.98. The molecule has 1 amide bonds. The Morgan fingerprint density at radius 1 is 1.19 bits per heavy atom. The van der Waals surface area contributed by atoms with Crippen LogP contribution in [0.4, 0.5) is 11.5 Å². The van der Waals surface area contributed by atoms with Crippen LogP contribution in [0.25, 0.3) is 0 Å². The Morgan fingerprint density at radius 2 is 2.08 bits per heavy atom. The van der Waals surface area contributed by atoms with Crippen molar-refractivity contribution in [2.45, 2.75) is 38.6 Å². The summed E-state index contributed by atoms with van der Waals surface area (Å²) in [4.78, 5) is 14.7. The maximum absolute atomic E-state index is 12.7. The van der Waals surface area contributed by atoms with Crippen molar-refractivity contribution in [2.75, 3.05) is 18.7 Å². The molecule has 1 saturated heterocycles. The van der Waals surface area contributed by atoms with Gasteiger partial charge in [0.1, 0.15) is 0 Å². The minimum absolute atomic E-state index is 0.0290. The molecular weight excluding hydrogens is 332 g/mol. The number of carbonyl (C=O) groups excluding carboxylic acids is 1. The highest BCUT2D eigenvalue weighted by Gasteiger charge is 2.27. The first kappa shape index (κ1) is 16.6. The van der Waals surface area contributed by atoms with Crippen molar-refractivity contribution >= 4 is 17.4 Å². The number of amides is 1. The monoisotopic (exact) mass is 354 g/mol. The lowest BCUT2D eigenvalue weighted by Gasteiger charge is -2.34. The molecule has 0 aliphatic carbocycles. The number of likely N-dealkylation sites (tertiary alicyclic amines) is 1. The van der Waals surface area contributed by atoms with Crippen molar-refractivity contribution in [3.8, 4) is 11.5 Å². The predicted octanol–water partition coefficient (Wildman–Crippen LogP) is 3.35. The van der Waals surface area contributed by atoms with E-state index in [2.05, 4.69) is 22.4 Å². The molecule has 0 spiro atoms. The van der Waals surface area contributed by atoms with E-state index in [0.29, 0.717) is 23.3 Å². The molecule has 136 valence electrons. The van der Waals surface area contributed by atoms with Gasteiger partial charge >= 0.3 is 0 Å². The number of piperidine rings is 1. The fourth-order valence-electron chi connectivity index (χ4n) is 3.47. The van der Waals surface area contributed by atoms with Crippen LogP contribution in [0, 0.1) is 0 Å². The molecule has 0 saturated carbocycles. The van der Waals surface area contributed by atoms with Crippen LogP contribution in [0.15, 0.2) is 30.3 Å². The van der Waals surface area contributed by atoms with Crippen LogP contribution in [0.2, 0.25) is 0 Å². The average Bonchev–Trinajstić information content (AvgIpc) is 3.16. The Hall–Kier alpha value is -2.83. The summed E-state index contributed by atoms with van der Waals surface area (Å²) < 4.78 is 10.7. The molecule has 1 fully saturated rings. The summed E-state index contributed by atoms with van der Waals surface area (Å²) in [5, 5.41) is 11.5. The van der Waals surface area contributed by atoms with E-state index in [4.69, 9.17) is 9.47 Å². The van der Waals surface area contributed by atoms with E-state index in [1.165, 1.54) is 6.42 Å². The van der Waals surface area contributed by atoms with E-state index in [0.717, 1.165) is 37.2 Å². The second-order valence-corrected chi connectivity index (χ2v) is 6.55. The van der Waals surface area contributed by atoms with Gasteiger partial charge < -0.3 is 19.7 Å². The number of hydrogen-bond acceptors (Lipinski definition) is 6. The number of carbonyl (C=O) groups is 1. The fourth-order valence-corrected chi connectivity index (χ4v) is 3.47. The third-order valence-corrected chi connectivity index (χ3v) is 4.89. The minimum atomic E-state index is -0.0290. The van der Waals surface area contributed by atoms with Crippen LogP contribution < -0.4 is 14.8 Å². The number of ether oxygens (including phenoxy) is 2. The molecule has 2 aromatic rings. The lowest BCUT2D eigenvalue weighted by atomic mass is 9.99. The molecule has 1 atom stereocenters. The van der Waals surface area contributed by atoms with E-state index in [1.54, 1.807) is 12.1 Å². The Kier molecular flexibility index (Phi) is 4.60. The number of benzene rings is 1. The topological polar surface area (TPSA) is 76.6 Å². The summed E-state index contributed by atoms with van der Waals surface area (Å²) in [6, 6.07) is 9.39. The molecule has 0 radical (unpaired) electrons. The van der Waals surface area contributed by atoms with Gasteiger partial charge in [0.15, 0.2) is 23.0 Å². The first-order valence-electron chi connectivity index (χ1n) is 9.06. The van der Waals surface area contributed by atoms with Crippen molar-refractivity contribution < 1.29 is 14.3 Å². The molecular formula is C19H22N4O3. The lowest BCUT2D eigenvalue weighted by Crippen LogP contribution is -2.43. The van der Waals surface area contributed by atoms with Crippen LogP contribution >= 0.6 is 0 Å². The standard InChI is InChI=1S/C19H22N4O3/c1-2-14-5-3-4-10-23(14)19(24)15-7-9-18(22-21-15)20-13-6-8-16-17(11-13)26-12-25-16/h6-9,11,14H,2-5,10,12H2,1H3,(H,20,22). The zero-order valence-corrected chi connectivity index (χ0v) is 14.8. The smallest absolute Gasteiger partial charge is 0.274 e. The minimum Gasteiger partial charge on any atom is -0.454 e. The number of aromatic nitrogens is 2. The number of hydrogen-bond donors (Lipinski definition) is 1. The normalized spacial score (nSPS) is 18.7. The van der Waals surface area contributed by atoms with Gasteiger partial charge in [-0.1, -0.05) is 6.92 Å². The van der Waals surface area contributed by atoms with Crippen LogP contribution in [-0.4, -0.2) is 40.4 Å².